The molecule has 0 spiro atoms. The molecule has 1 unspecified atom stereocenters. The lowest BCUT2D eigenvalue weighted by atomic mass is 10.0. The normalized spacial score (nSPS) is 11.9. The average Bonchev–Trinajstić information content (AvgIpc) is 3.00. The molecule has 2 aromatic carbocycles. The highest BCUT2D eigenvalue weighted by atomic mass is 16.2. The van der Waals surface area contributed by atoms with E-state index in [1.165, 1.54) is 0 Å². The Labute approximate surface area is 169 Å². The Morgan fingerprint density at radius 2 is 1.83 bits per heavy atom. The lowest BCUT2D eigenvalue weighted by Gasteiger charge is -2.21. The molecule has 3 rings (SSSR count). The monoisotopic (exact) mass is 389 g/mol. The molecule has 0 fully saturated rings. The highest BCUT2D eigenvalue weighted by Gasteiger charge is 2.26. The standard InChI is InChI=1S/C22H23N5O2/c1-13(2)19(25-20(28)16-8-5-14(3)6-9-16)21(29)26-22-24-17-10-7-15(12-23)11-18(17)27(22)4/h5-11,13,19H,1-4H3,(H,25,28)(H,24,26,29). The number of nitrogens with zero attached hydrogens (tertiary/aromatic N) is 3. The van der Waals surface area contributed by atoms with Gasteiger partial charge in [0.2, 0.25) is 11.9 Å². The number of nitrogens with one attached hydrogen (secondary N) is 2. The number of anilines is 1. The van der Waals surface area contributed by atoms with Crippen LogP contribution in [0.2, 0.25) is 0 Å². The zero-order valence-corrected chi connectivity index (χ0v) is 16.9. The zero-order valence-electron chi connectivity index (χ0n) is 16.9. The number of hydrogen-bond acceptors (Lipinski definition) is 4. The van der Waals surface area contributed by atoms with Gasteiger partial charge in [-0.2, -0.15) is 5.26 Å². The molecular formula is C22H23N5O2. The summed E-state index contributed by atoms with van der Waals surface area (Å²) in [4.78, 5) is 29.9. The van der Waals surface area contributed by atoms with E-state index in [1.54, 1.807) is 41.9 Å². The van der Waals surface area contributed by atoms with Crippen molar-refractivity contribution in [3.8, 4) is 6.07 Å². The molecule has 2 N–H and O–H groups in total. The quantitative estimate of drug-likeness (QED) is 0.700. The first-order chi connectivity index (χ1) is 13.8. The third kappa shape index (κ3) is 4.27. The third-order valence-corrected chi connectivity index (χ3v) is 4.79. The largest absolute Gasteiger partial charge is 0.340 e. The summed E-state index contributed by atoms with van der Waals surface area (Å²) in [5, 5.41) is 14.7. The van der Waals surface area contributed by atoms with Gasteiger partial charge in [0.15, 0.2) is 0 Å². The van der Waals surface area contributed by atoms with Gasteiger partial charge in [-0.3, -0.25) is 14.9 Å². The van der Waals surface area contributed by atoms with Gasteiger partial charge in [-0.05, 0) is 43.2 Å². The van der Waals surface area contributed by atoms with Crippen molar-refractivity contribution >= 4 is 28.8 Å². The van der Waals surface area contributed by atoms with E-state index in [1.807, 2.05) is 32.9 Å². The van der Waals surface area contributed by atoms with Crippen molar-refractivity contribution in [3.05, 3.63) is 59.2 Å². The second-order valence-corrected chi connectivity index (χ2v) is 7.36. The van der Waals surface area contributed by atoms with Crippen molar-refractivity contribution in [1.29, 1.82) is 5.26 Å². The van der Waals surface area contributed by atoms with Crippen LogP contribution in [0.15, 0.2) is 42.5 Å². The minimum Gasteiger partial charge on any atom is -0.340 e. The van der Waals surface area contributed by atoms with E-state index >= 15 is 0 Å². The van der Waals surface area contributed by atoms with Crippen molar-refractivity contribution in [1.82, 2.24) is 14.9 Å². The molecule has 0 aliphatic carbocycles. The molecule has 1 aromatic heterocycles. The minimum absolute atomic E-state index is 0.121. The van der Waals surface area contributed by atoms with Gasteiger partial charge in [0.25, 0.3) is 5.91 Å². The summed E-state index contributed by atoms with van der Waals surface area (Å²) >= 11 is 0. The molecular weight excluding hydrogens is 366 g/mol. The van der Waals surface area contributed by atoms with Gasteiger partial charge in [-0.1, -0.05) is 31.5 Å². The smallest absolute Gasteiger partial charge is 0.251 e. The molecule has 1 atom stereocenters. The third-order valence-electron chi connectivity index (χ3n) is 4.79. The van der Waals surface area contributed by atoms with E-state index in [4.69, 9.17) is 5.26 Å². The van der Waals surface area contributed by atoms with Crippen molar-refractivity contribution in [2.45, 2.75) is 26.8 Å². The Balaban J connectivity index is 1.80. The van der Waals surface area contributed by atoms with Crippen LogP contribution in [0.5, 0.6) is 0 Å². The zero-order chi connectivity index (χ0) is 21.1. The van der Waals surface area contributed by atoms with E-state index in [0.717, 1.165) is 11.1 Å². The van der Waals surface area contributed by atoms with Crippen LogP contribution in [-0.4, -0.2) is 27.4 Å². The second kappa shape index (κ2) is 8.15. The minimum atomic E-state index is -0.724. The summed E-state index contributed by atoms with van der Waals surface area (Å²) < 4.78 is 1.72. The average molecular weight is 389 g/mol. The number of amides is 2. The predicted octanol–water partition coefficient (Wildman–Crippen LogP) is 3.15. The number of fused-ring (bicyclic) bond motifs is 1. The molecule has 0 bridgehead atoms. The summed E-state index contributed by atoms with van der Waals surface area (Å²) in [7, 11) is 1.77. The maximum Gasteiger partial charge on any atom is 0.251 e. The van der Waals surface area contributed by atoms with Crippen molar-refractivity contribution in [2.75, 3.05) is 5.32 Å². The van der Waals surface area contributed by atoms with Crippen molar-refractivity contribution in [3.63, 3.8) is 0 Å². The highest BCUT2D eigenvalue weighted by molar-refractivity contribution is 6.01. The maximum atomic E-state index is 12.9. The maximum absolute atomic E-state index is 12.9. The number of nitriles is 1. The number of aryl methyl sites for hydroxylation is 2. The van der Waals surface area contributed by atoms with Gasteiger partial charge in [0.05, 0.1) is 22.7 Å². The first kappa shape index (κ1) is 20.1. The van der Waals surface area contributed by atoms with Crippen molar-refractivity contribution < 1.29 is 9.59 Å². The second-order valence-electron chi connectivity index (χ2n) is 7.36. The number of carbonyl (C=O) groups is 2. The van der Waals surface area contributed by atoms with Crippen LogP contribution in [0.25, 0.3) is 11.0 Å². The Bertz CT molecular complexity index is 1110. The molecule has 148 valence electrons. The Hall–Kier alpha value is -3.66. The lowest BCUT2D eigenvalue weighted by molar-refractivity contribution is -0.118. The van der Waals surface area contributed by atoms with Crippen LogP contribution in [0.1, 0.15) is 35.3 Å². The molecule has 0 aliphatic rings. The molecule has 29 heavy (non-hydrogen) atoms. The molecule has 1 heterocycles. The number of hydrogen-bond donors (Lipinski definition) is 2. The number of imidazole rings is 1. The number of aromatic nitrogens is 2. The molecule has 0 aliphatic heterocycles. The van der Waals surface area contributed by atoms with E-state index in [-0.39, 0.29) is 17.7 Å². The van der Waals surface area contributed by atoms with Crippen LogP contribution in [-0.2, 0) is 11.8 Å². The van der Waals surface area contributed by atoms with E-state index < -0.39 is 6.04 Å². The van der Waals surface area contributed by atoms with Gasteiger partial charge in [-0.25, -0.2) is 4.98 Å². The molecule has 0 saturated carbocycles. The molecule has 7 heteroatoms. The highest BCUT2D eigenvalue weighted by Crippen LogP contribution is 2.20. The Morgan fingerprint density at radius 3 is 2.45 bits per heavy atom. The van der Waals surface area contributed by atoms with Crippen LogP contribution in [0, 0.1) is 24.2 Å². The number of carbonyl (C=O) groups excluding carboxylic acids is 2. The Morgan fingerprint density at radius 1 is 1.14 bits per heavy atom. The first-order valence-electron chi connectivity index (χ1n) is 9.35. The van der Waals surface area contributed by atoms with Crippen LogP contribution in [0.4, 0.5) is 5.95 Å². The molecule has 0 saturated heterocycles. The SMILES string of the molecule is Cc1ccc(C(=O)NC(C(=O)Nc2nc3ccc(C#N)cc3n2C)C(C)C)cc1. The Kier molecular flexibility index (Phi) is 5.64. The van der Waals surface area contributed by atoms with Gasteiger partial charge in [-0.15, -0.1) is 0 Å². The predicted molar refractivity (Wildman–Crippen MR) is 111 cm³/mol. The fraction of sp³-hybridized carbons (Fsp3) is 0.273. The topological polar surface area (TPSA) is 99.8 Å². The fourth-order valence-corrected chi connectivity index (χ4v) is 3.02. The molecule has 3 aromatic rings. The summed E-state index contributed by atoms with van der Waals surface area (Å²) in [6, 6.07) is 13.7. The van der Waals surface area contributed by atoms with Gasteiger partial charge < -0.3 is 9.88 Å². The van der Waals surface area contributed by atoms with Gasteiger partial charge >= 0.3 is 0 Å². The summed E-state index contributed by atoms with van der Waals surface area (Å²) in [5.74, 6) is -0.415. The van der Waals surface area contributed by atoms with Crippen LogP contribution in [0.3, 0.4) is 0 Å². The summed E-state index contributed by atoms with van der Waals surface area (Å²) in [5.41, 5.74) is 3.49. The van der Waals surface area contributed by atoms with Crippen LogP contribution < -0.4 is 10.6 Å². The fourth-order valence-electron chi connectivity index (χ4n) is 3.02. The summed E-state index contributed by atoms with van der Waals surface area (Å²) in [6.07, 6.45) is 0. The van der Waals surface area contributed by atoms with Gasteiger partial charge in [0, 0.05) is 12.6 Å². The van der Waals surface area contributed by atoms with Crippen molar-refractivity contribution in [2.24, 2.45) is 13.0 Å². The van der Waals surface area contributed by atoms with Gasteiger partial charge in [0.1, 0.15) is 6.04 Å². The van der Waals surface area contributed by atoms with E-state index in [9.17, 15) is 9.59 Å². The lowest BCUT2D eigenvalue weighted by Crippen LogP contribution is -2.47. The number of benzene rings is 2. The molecule has 0 radical (unpaired) electrons. The van der Waals surface area contributed by atoms with Crippen LogP contribution >= 0.6 is 0 Å². The van der Waals surface area contributed by atoms with E-state index in [0.29, 0.717) is 22.6 Å². The summed E-state index contributed by atoms with van der Waals surface area (Å²) in [6.45, 7) is 5.68. The van der Waals surface area contributed by atoms with E-state index in [2.05, 4.69) is 21.7 Å². The molecule has 7 nitrogen and oxygen atoms in total. The molecule has 2 amide bonds. The number of rotatable bonds is 5. The first-order valence-corrected chi connectivity index (χ1v) is 9.35.